The molecule has 1 aliphatic rings. The number of hydrogen-bond donors (Lipinski definition) is 2. The fourth-order valence-corrected chi connectivity index (χ4v) is 5.05. The maximum absolute atomic E-state index is 12.3. The number of unbranched alkanes of at least 4 members (excludes halogenated alkanes) is 1. The maximum atomic E-state index is 12.3. The number of amides is 2. The summed E-state index contributed by atoms with van der Waals surface area (Å²) in [5.41, 5.74) is 4.81. The van der Waals surface area contributed by atoms with Crippen molar-refractivity contribution in [3.8, 4) is 11.1 Å². The van der Waals surface area contributed by atoms with Gasteiger partial charge < -0.3 is 15.4 Å². The van der Waals surface area contributed by atoms with Gasteiger partial charge in [-0.15, -0.1) is 10.2 Å². The van der Waals surface area contributed by atoms with Gasteiger partial charge in [0, 0.05) is 19.4 Å². The van der Waals surface area contributed by atoms with E-state index in [4.69, 9.17) is 4.74 Å². The van der Waals surface area contributed by atoms with Crippen molar-refractivity contribution in [2.75, 3.05) is 13.2 Å². The van der Waals surface area contributed by atoms with E-state index in [2.05, 4.69) is 45.1 Å². The average Bonchev–Trinajstić information content (AvgIpc) is 3.38. The lowest BCUT2D eigenvalue weighted by Crippen LogP contribution is -2.28. The third-order valence-electron chi connectivity index (χ3n) is 5.75. The summed E-state index contributed by atoms with van der Waals surface area (Å²) in [4.78, 5) is 23.8. The lowest BCUT2D eigenvalue weighted by atomic mass is 9.98. The van der Waals surface area contributed by atoms with Crippen molar-refractivity contribution in [3.63, 3.8) is 0 Å². The van der Waals surface area contributed by atoms with E-state index >= 15 is 0 Å². The van der Waals surface area contributed by atoms with Gasteiger partial charge in [0.15, 0.2) is 0 Å². The van der Waals surface area contributed by atoms with E-state index in [0.29, 0.717) is 13.2 Å². The van der Waals surface area contributed by atoms with E-state index in [1.165, 1.54) is 40.5 Å². The highest BCUT2D eigenvalue weighted by Gasteiger charge is 2.28. The number of benzene rings is 2. The van der Waals surface area contributed by atoms with Gasteiger partial charge in [0.1, 0.15) is 16.6 Å². The lowest BCUT2D eigenvalue weighted by Gasteiger charge is -2.16. The van der Waals surface area contributed by atoms with Crippen LogP contribution in [0.5, 0.6) is 0 Å². The molecule has 0 spiro atoms. The maximum Gasteiger partial charge on any atom is 0.407 e. The number of carbonyl (C=O) groups excluding carboxylic acids is 2. The van der Waals surface area contributed by atoms with Crippen LogP contribution in [0.25, 0.3) is 11.1 Å². The molecule has 2 amide bonds. The fraction of sp³-hybridized carbons (Fsp3) is 0.360. The number of aromatic nitrogens is 2. The number of hydrogen-bond acceptors (Lipinski definition) is 6. The van der Waals surface area contributed by atoms with Crippen molar-refractivity contribution in [2.45, 2.75) is 45.1 Å². The molecule has 172 valence electrons. The van der Waals surface area contributed by atoms with Crippen molar-refractivity contribution < 1.29 is 14.3 Å². The Morgan fingerprint density at radius 2 is 1.70 bits per heavy atom. The molecule has 0 saturated heterocycles. The first-order valence-electron chi connectivity index (χ1n) is 11.2. The Kier molecular flexibility index (Phi) is 7.34. The Morgan fingerprint density at radius 1 is 1.03 bits per heavy atom. The molecule has 0 saturated carbocycles. The van der Waals surface area contributed by atoms with Crippen LogP contribution in [0.3, 0.4) is 0 Å². The first-order valence-corrected chi connectivity index (χ1v) is 12.0. The zero-order valence-electron chi connectivity index (χ0n) is 18.8. The Balaban J connectivity index is 1.22. The van der Waals surface area contributed by atoms with Gasteiger partial charge in [-0.2, -0.15) is 0 Å². The van der Waals surface area contributed by atoms with Gasteiger partial charge in [-0.1, -0.05) is 59.9 Å². The van der Waals surface area contributed by atoms with E-state index in [9.17, 15) is 9.59 Å². The number of nitrogens with one attached hydrogen (secondary N) is 2. The van der Waals surface area contributed by atoms with Crippen molar-refractivity contribution in [1.82, 2.24) is 20.8 Å². The first kappa shape index (κ1) is 22.9. The predicted octanol–water partition coefficient (Wildman–Crippen LogP) is 4.73. The molecule has 0 unspecified atom stereocenters. The minimum atomic E-state index is -0.407. The molecule has 2 aromatic carbocycles. The second-order valence-electron chi connectivity index (χ2n) is 8.16. The minimum Gasteiger partial charge on any atom is -0.449 e. The Labute approximate surface area is 197 Å². The van der Waals surface area contributed by atoms with Crippen LogP contribution < -0.4 is 10.6 Å². The van der Waals surface area contributed by atoms with Crippen LogP contribution in [0.4, 0.5) is 4.79 Å². The van der Waals surface area contributed by atoms with Crippen LogP contribution in [0.2, 0.25) is 0 Å². The summed E-state index contributed by atoms with van der Waals surface area (Å²) < 4.78 is 5.57. The van der Waals surface area contributed by atoms with E-state index in [0.717, 1.165) is 29.3 Å². The summed E-state index contributed by atoms with van der Waals surface area (Å²) in [5, 5.41) is 15.6. The number of nitrogens with zero attached hydrogens (tertiary/aromatic N) is 2. The second-order valence-corrected chi connectivity index (χ2v) is 9.37. The standard InChI is InChI=1S/C25H28N4O3S/c1-16(30)27-23(24-29-28-17(2)33-24)13-7-8-14-26-25(31)32-15-22-20-11-5-3-9-18(20)19-10-4-6-12-21(19)22/h3-6,9-12,22-23H,7-8,13-15H2,1-2H3,(H,26,31)(H,27,30)/t23-/m0/s1. The number of carbonyl (C=O) groups is 2. The summed E-state index contributed by atoms with van der Waals surface area (Å²) in [6.07, 6.45) is 1.93. The van der Waals surface area contributed by atoms with Gasteiger partial charge in [-0.3, -0.25) is 4.79 Å². The van der Waals surface area contributed by atoms with Crippen LogP contribution in [0, 0.1) is 6.92 Å². The molecule has 2 N–H and O–H groups in total. The highest BCUT2D eigenvalue weighted by atomic mass is 32.1. The van der Waals surface area contributed by atoms with E-state index in [-0.39, 0.29) is 17.9 Å². The molecule has 0 radical (unpaired) electrons. The highest BCUT2D eigenvalue weighted by Crippen LogP contribution is 2.44. The van der Waals surface area contributed by atoms with Crippen LogP contribution in [-0.2, 0) is 9.53 Å². The molecule has 0 bridgehead atoms. The highest BCUT2D eigenvalue weighted by molar-refractivity contribution is 7.11. The van der Waals surface area contributed by atoms with Gasteiger partial charge in [0.2, 0.25) is 5.91 Å². The number of fused-ring (bicyclic) bond motifs is 3. The van der Waals surface area contributed by atoms with E-state index < -0.39 is 6.09 Å². The third kappa shape index (κ3) is 5.57. The molecule has 8 heteroatoms. The van der Waals surface area contributed by atoms with Crippen molar-refractivity contribution >= 4 is 23.3 Å². The number of ether oxygens (including phenoxy) is 1. The summed E-state index contributed by atoms with van der Waals surface area (Å²) in [5.74, 6) is -0.0402. The summed E-state index contributed by atoms with van der Waals surface area (Å²) in [6, 6.07) is 16.4. The number of alkyl carbamates (subject to hydrolysis) is 1. The Hall–Kier alpha value is -3.26. The molecule has 33 heavy (non-hydrogen) atoms. The summed E-state index contributed by atoms with van der Waals surface area (Å²) in [7, 11) is 0. The second kappa shape index (κ2) is 10.6. The molecular formula is C25H28N4O3S. The third-order valence-corrected chi connectivity index (χ3v) is 6.70. The zero-order valence-corrected chi connectivity index (χ0v) is 19.7. The summed E-state index contributed by atoms with van der Waals surface area (Å²) in [6.45, 7) is 4.21. The normalized spacial score (nSPS) is 13.2. The van der Waals surface area contributed by atoms with E-state index in [1.54, 1.807) is 0 Å². The van der Waals surface area contributed by atoms with Gasteiger partial charge in [-0.25, -0.2) is 4.79 Å². The van der Waals surface area contributed by atoms with Gasteiger partial charge in [0.25, 0.3) is 0 Å². The van der Waals surface area contributed by atoms with Crippen LogP contribution in [0.15, 0.2) is 48.5 Å². The minimum absolute atomic E-state index is 0.0527. The number of aryl methyl sites for hydroxylation is 1. The molecule has 1 heterocycles. The molecule has 1 aromatic heterocycles. The average molecular weight is 465 g/mol. The zero-order chi connectivity index (χ0) is 23.2. The van der Waals surface area contributed by atoms with Gasteiger partial charge in [-0.05, 0) is 48.4 Å². The Bertz CT molecular complexity index is 1080. The van der Waals surface area contributed by atoms with Crippen LogP contribution in [-0.4, -0.2) is 35.3 Å². The van der Waals surface area contributed by atoms with Crippen molar-refractivity contribution in [1.29, 1.82) is 0 Å². The Morgan fingerprint density at radius 3 is 2.30 bits per heavy atom. The molecule has 7 nitrogen and oxygen atoms in total. The van der Waals surface area contributed by atoms with Crippen LogP contribution in [0.1, 0.15) is 59.3 Å². The van der Waals surface area contributed by atoms with Crippen LogP contribution >= 0.6 is 11.3 Å². The van der Waals surface area contributed by atoms with Crippen molar-refractivity contribution in [2.24, 2.45) is 0 Å². The molecule has 0 aliphatic heterocycles. The largest absolute Gasteiger partial charge is 0.449 e. The molecule has 4 rings (SSSR count). The number of rotatable bonds is 9. The monoisotopic (exact) mass is 464 g/mol. The molecule has 3 aromatic rings. The quantitative estimate of drug-likeness (QED) is 0.447. The molecular weight excluding hydrogens is 436 g/mol. The first-order chi connectivity index (χ1) is 16.0. The molecule has 1 aliphatic carbocycles. The van der Waals surface area contributed by atoms with E-state index in [1.807, 2.05) is 31.2 Å². The molecule has 0 fully saturated rings. The SMILES string of the molecule is CC(=O)N[C@@H](CCCCNC(=O)OCC1c2ccccc2-c2ccccc21)c1nnc(C)s1. The van der Waals surface area contributed by atoms with Gasteiger partial charge in [0.05, 0.1) is 6.04 Å². The smallest absolute Gasteiger partial charge is 0.407 e. The van der Waals surface area contributed by atoms with Crippen molar-refractivity contribution in [3.05, 3.63) is 69.7 Å². The predicted molar refractivity (Wildman–Crippen MR) is 128 cm³/mol. The summed E-state index contributed by atoms with van der Waals surface area (Å²) >= 11 is 1.49. The molecule has 1 atom stereocenters. The van der Waals surface area contributed by atoms with Gasteiger partial charge >= 0.3 is 6.09 Å². The fourth-order valence-electron chi connectivity index (χ4n) is 4.27. The topological polar surface area (TPSA) is 93.2 Å². The lowest BCUT2D eigenvalue weighted by molar-refractivity contribution is -0.119.